The van der Waals surface area contributed by atoms with Crippen molar-refractivity contribution >= 4 is 5.91 Å². The number of β-amino-alcohol motifs (C(OH)–C–C–N with tert-alkyl or cyclic N) is 1. The Hall–Kier alpha value is -1.50. The molecule has 1 amide bonds. The fourth-order valence-electron chi connectivity index (χ4n) is 2.88. The Kier molecular flexibility index (Phi) is 6.30. The van der Waals surface area contributed by atoms with E-state index in [1.165, 1.54) is 12.1 Å². The zero-order chi connectivity index (χ0) is 15.9. The van der Waals surface area contributed by atoms with Crippen LogP contribution >= 0.6 is 0 Å². The molecule has 1 atom stereocenters. The average Bonchev–Trinajstić information content (AvgIpc) is 2.51. The van der Waals surface area contributed by atoms with Crippen molar-refractivity contribution in [2.24, 2.45) is 11.7 Å². The molecule has 1 heterocycles. The van der Waals surface area contributed by atoms with Gasteiger partial charge in [-0.2, -0.15) is 0 Å². The number of halogens is 1. The second kappa shape index (κ2) is 8.22. The van der Waals surface area contributed by atoms with Crippen LogP contribution in [0, 0.1) is 11.7 Å². The summed E-state index contributed by atoms with van der Waals surface area (Å²) in [5, 5.41) is 12.1. The molecule has 5 nitrogen and oxygen atoms in total. The summed E-state index contributed by atoms with van der Waals surface area (Å²) in [5.74, 6) is -0.301. The van der Waals surface area contributed by atoms with E-state index in [4.69, 9.17) is 10.8 Å². The summed E-state index contributed by atoms with van der Waals surface area (Å²) in [4.78, 5) is 13.9. The van der Waals surface area contributed by atoms with Gasteiger partial charge in [0, 0.05) is 6.54 Å². The summed E-state index contributed by atoms with van der Waals surface area (Å²) >= 11 is 0. The number of nitrogens with two attached hydrogens (primary N) is 1. The van der Waals surface area contributed by atoms with E-state index in [2.05, 4.69) is 10.2 Å². The normalized spacial score (nSPS) is 18.3. The number of primary amides is 1. The first-order valence-electron chi connectivity index (χ1n) is 7.71. The van der Waals surface area contributed by atoms with Gasteiger partial charge in [-0.3, -0.25) is 4.79 Å². The maximum Gasteiger partial charge on any atom is 0.239 e. The Balaban J connectivity index is 1.85. The first-order chi connectivity index (χ1) is 10.6. The van der Waals surface area contributed by atoms with Crippen LogP contribution in [-0.4, -0.2) is 48.7 Å². The Labute approximate surface area is 130 Å². The quantitative estimate of drug-likeness (QED) is 0.691. The molecule has 4 N–H and O–H groups in total. The van der Waals surface area contributed by atoms with E-state index >= 15 is 0 Å². The number of aliphatic hydroxyl groups excluding tert-OH is 1. The Morgan fingerprint density at radius 3 is 2.55 bits per heavy atom. The third kappa shape index (κ3) is 4.76. The van der Waals surface area contributed by atoms with Crippen molar-refractivity contribution in [1.82, 2.24) is 10.2 Å². The highest BCUT2D eigenvalue weighted by Crippen LogP contribution is 2.19. The second-order valence-electron chi connectivity index (χ2n) is 5.80. The molecule has 0 saturated carbocycles. The van der Waals surface area contributed by atoms with E-state index < -0.39 is 11.9 Å². The van der Waals surface area contributed by atoms with Crippen molar-refractivity contribution in [2.75, 3.05) is 32.8 Å². The van der Waals surface area contributed by atoms with Crippen LogP contribution < -0.4 is 11.1 Å². The molecular formula is C16H24FN3O2. The number of nitrogens with zero attached hydrogens (tertiary/aromatic N) is 1. The minimum atomic E-state index is -0.587. The first-order valence-corrected chi connectivity index (χ1v) is 7.71. The summed E-state index contributed by atoms with van der Waals surface area (Å²) in [6.07, 6.45) is 2.06. The van der Waals surface area contributed by atoms with Crippen molar-refractivity contribution < 1.29 is 14.3 Å². The molecule has 0 bridgehead atoms. The summed E-state index contributed by atoms with van der Waals surface area (Å²) in [7, 11) is 0. The largest absolute Gasteiger partial charge is 0.395 e. The van der Waals surface area contributed by atoms with Crippen LogP contribution in [-0.2, 0) is 4.79 Å². The van der Waals surface area contributed by atoms with Crippen molar-refractivity contribution in [1.29, 1.82) is 0 Å². The summed E-state index contributed by atoms with van der Waals surface area (Å²) in [6.45, 7) is 3.55. The van der Waals surface area contributed by atoms with Crippen molar-refractivity contribution in [3.05, 3.63) is 35.6 Å². The van der Waals surface area contributed by atoms with Crippen LogP contribution in [0.4, 0.5) is 4.39 Å². The molecule has 122 valence electrons. The standard InChI is InChI=1S/C16H24FN3O2/c17-14-3-1-13(2-4-14)15(16(18)22)19-11-12-5-7-20(8-6-12)9-10-21/h1-4,12,15,19,21H,5-11H2,(H2,18,22)/t15-/m0/s1. The second-order valence-corrected chi connectivity index (χ2v) is 5.80. The van der Waals surface area contributed by atoms with Gasteiger partial charge in [0.15, 0.2) is 0 Å². The summed E-state index contributed by atoms with van der Waals surface area (Å²) in [6, 6.07) is 5.25. The van der Waals surface area contributed by atoms with Gasteiger partial charge in [0.2, 0.25) is 5.91 Å². The number of aliphatic hydroxyl groups is 1. The van der Waals surface area contributed by atoms with Crippen molar-refractivity contribution in [3.8, 4) is 0 Å². The predicted octanol–water partition coefficient (Wildman–Crippen LogP) is 0.646. The molecule has 6 heteroatoms. The van der Waals surface area contributed by atoms with Crippen LogP contribution in [0.5, 0.6) is 0 Å². The molecule has 0 aliphatic carbocycles. The maximum atomic E-state index is 13.0. The molecule has 22 heavy (non-hydrogen) atoms. The first kappa shape index (κ1) is 16.9. The topological polar surface area (TPSA) is 78.6 Å². The molecule has 0 spiro atoms. The number of hydrogen-bond acceptors (Lipinski definition) is 4. The lowest BCUT2D eigenvalue weighted by atomic mass is 9.96. The molecule has 2 rings (SSSR count). The third-order valence-corrected chi connectivity index (χ3v) is 4.22. The van der Waals surface area contributed by atoms with Gasteiger partial charge < -0.3 is 21.1 Å². The third-order valence-electron chi connectivity index (χ3n) is 4.22. The van der Waals surface area contributed by atoms with E-state index in [9.17, 15) is 9.18 Å². The Bertz CT molecular complexity index is 473. The molecule has 1 aliphatic heterocycles. The monoisotopic (exact) mass is 309 g/mol. The molecule has 1 aliphatic rings. The number of carbonyl (C=O) groups excluding carboxylic acids is 1. The highest BCUT2D eigenvalue weighted by molar-refractivity contribution is 5.81. The minimum Gasteiger partial charge on any atom is -0.395 e. The zero-order valence-electron chi connectivity index (χ0n) is 12.7. The number of benzene rings is 1. The van der Waals surface area contributed by atoms with Gasteiger partial charge in [-0.05, 0) is 56.1 Å². The number of piperidine rings is 1. The Morgan fingerprint density at radius 2 is 2.00 bits per heavy atom. The number of rotatable bonds is 7. The van der Waals surface area contributed by atoms with Gasteiger partial charge in [-0.15, -0.1) is 0 Å². The van der Waals surface area contributed by atoms with Gasteiger partial charge >= 0.3 is 0 Å². The van der Waals surface area contributed by atoms with Gasteiger partial charge in [0.05, 0.1) is 6.61 Å². The summed E-state index contributed by atoms with van der Waals surface area (Å²) in [5.41, 5.74) is 6.14. The fourth-order valence-corrected chi connectivity index (χ4v) is 2.88. The predicted molar refractivity (Wildman–Crippen MR) is 82.6 cm³/mol. The zero-order valence-corrected chi connectivity index (χ0v) is 12.7. The van der Waals surface area contributed by atoms with E-state index in [1.54, 1.807) is 12.1 Å². The highest BCUT2D eigenvalue weighted by Gasteiger charge is 2.22. The van der Waals surface area contributed by atoms with E-state index in [1.807, 2.05) is 0 Å². The van der Waals surface area contributed by atoms with E-state index in [-0.39, 0.29) is 12.4 Å². The number of amides is 1. The minimum absolute atomic E-state index is 0.192. The lowest BCUT2D eigenvalue weighted by Gasteiger charge is -2.32. The average molecular weight is 309 g/mol. The van der Waals surface area contributed by atoms with Gasteiger partial charge in [-0.1, -0.05) is 12.1 Å². The smallest absolute Gasteiger partial charge is 0.239 e. The van der Waals surface area contributed by atoms with Crippen LogP contribution in [0.15, 0.2) is 24.3 Å². The number of carbonyl (C=O) groups is 1. The maximum absolute atomic E-state index is 13.0. The lowest BCUT2D eigenvalue weighted by molar-refractivity contribution is -0.120. The van der Waals surface area contributed by atoms with Gasteiger partial charge in [-0.25, -0.2) is 4.39 Å². The van der Waals surface area contributed by atoms with Crippen LogP contribution in [0.25, 0.3) is 0 Å². The molecule has 1 fully saturated rings. The summed E-state index contributed by atoms with van der Waals surface area (Å²) < 4.78 is 13.0. The number of hydrogen-bond donors (Lipinski definition) is 3. The van der Waals surface area contributed by atoms with Crippen LogP contribution in [0.1, 0.15) is 24.4 Å². The SMILES string of the molecule is NC(=O)[C@@H](NCC1CCN(CCO)CC1)c1ccc(F)cc1. The molecule has 0 unspecified atom stereocenters. The number of nitrogens with one attached hydrogen (secondary N) is 1. The number of likely N-dealkylation sites (tertiary alicyclic amines) is 1. The van der Waals surface area contributed by atoms with Crippen molar-refractivity contribution in [3.63, 3.8) is 0 Å². The van der Waals surface area contributed by atoms with E-state index in [0.29, 0.717) is 18.0 Å². The molecule has 0 radical (unpaired) electrons. The molecule has 1 aromatic carbocycles. The van der Waals surface area contributed by atoms with Gasteiger partial charge in [0.25, 0.3) is 0 Å². The Morgan fingerprint density at radius 1 is 1.36 bits per heavy atom. The molecular weight excluding hydrogens is 285 g/mol. The lowest BCUT2D eigenvalue weighted by Crippen LogP contribution is -2.41. The molecule has 0 aromatic heterocycles. The van der Waals surface area contributed by atoms with E-state index in [0.717, 1.165) is 32.5 Å². The van der Waals surface area contributed by atoms with Crippen LogP contribution in [0.2, 0.25) is 0 Å². The molecule has 1 aromatic rings. The van der Waals surface area contributed by atoms with Crippen LogP contribution in [0.3, 0.4) is 0 Å². The highest BCUT2D eigenvalue weighted by atomic mass is 19.1. The van der Waals surface area contributed by atoms with Gasteiger partial charge in [0.1, 0.15) is 11.9 Å². The fraction of sp³-hybridized carbons (Fsp3) is 0.562. The van der Waals surface area contributed by atoms with Crippen molar-refractivity contribution in [2.45, 2.75) is 18.9 Å². The molecule has 1 saturated heterocycles.